The molecule has 1 aromatic rings. The van der Waals surface area contributed by atoms with Crippen molar-refractivity contribution in [3.8, 4) is 0 Å². The Morgan fingerprint density at radius 1 is 1.47 bits per heavy atom. The van der Waals surface area contributed by atoms with E-state index in [9.17, 15) is 4.79 Å². The largest absolute Gasteiger partial charge is 0.337 e. The molecule has 106 valence electrons. The van der Waals surface area contributed by atoms with Gasteiger partial charge >= 0.3 is 0 Å². The highest BCUT2D eigenvalue weighted by Crippen LogP contribution is 2.14. The van der Waals surface area contributed by atoms with Gasteiger partial charge in [-0.3, -0.25) is 4.79 Å². The molecule has 1 aromatic heterocycles. The van der Waals surface area contributed by atoms with Gasteiger partial charge in [0.05, 0.1) is 0 Å². The van der Waals surface area contributed by atoms with E-state index in [4.69, 9.17) is 0 Å². The predicted molar refractivity (Wildman–Crippen MR) is 80.5 cm³/mol. The molecule has 1 fully saturated rings. The number of carbonyl (C=O) groups is 1. The van der Waals surface area contributed by atoms with E-state index in [0.29, 0.717) is 11.9 Å². The quantitative estimate of drug-likeness (QED) is 0.813. The minimum Gasteiger partial charge on any atom is -0.337 e. The monoisotopic (exact) mass is 280 g/mol. The van der Waals surface area contributed by atoms with Crippen molar-refractivity contribution < 1.29 is 4.79 Å². The molecule has 0 radical (unpaired) electrons. The van der Waals surface area contributed by atoms with Gasteiger partial charge in [0.1, 0.15) is 0 Å². The number of piperazine rings is 1. The zero-order valence-electron chi connectivity index (χ0n) is 11.7. The molecule has 1 aliphatic heterocycles. The summed E-state index contributed by atoms with van der Waals surface area (Å²) in [6, 6.07) is 4.65. The van der Waals surface area contributed by atoms with Gasteiger partial charge in [0.2, 0.25) is 5.91 Å². The summed E-state index contributed by atoms with van der Waals surface area (Å²) < 4.78 is 0. The lowest BCUT2D eigenvalue weighted by Gasteiger charge is -2.34. The first-order valence-electron chi connectivity index (χ1n) is 7.30. The van der Waals surface area contributed by atoms with Crippen LogP contribution in [0, 0.1) is 0 Å². The highest BCUT2D eigenvalue weighted by atomic mass is 32.1. The first-order chi connectivity index (χ1) is 9.27. The van der Waals surface area contributed by atoms with E-state index in [2.05, 4.69) is 29.8 Å². The van der Waals surface area contributed by atoms with Crippen molar-refractivity contribution in [2.24, 2.45) is 0 Å². The minimum atomic E-state index is 0.338. The van der Waals surface area contributed by atoms with Crippen LogP contribution in [-0.2, 0) is 11.2 Å². The number of aryl methyl sites for hydroxylation is 1. The Morgan fingerprint density at radius 2 is 2.37 bits per heavy atom. The molecule has 2 heterocycles. The van der Waals surface area contributed by atoms with Crippen molar-refractivity contribution in [2.45, 2.75) is 45.1 Å². The number of nitrogens with one attached hydrogen (secondary N) is 1. The molecule has 19 heavy (non-hydrogen) atoms. The van der Waals surface area contributed by atoms with Gasteiger partial charge in [0, 0.05) is 37.0 Å². The number of hydrogen-bond donors (Lipinski definition) is 1. The van der Waals surface area contributed by atoms with Gasteiger partial charge in [0.25, 0.3) is 0 Å². The van der Waals surface area contributed by atoms with Crippen LogP contribution in [0.4, 0.5) is 0 Å². The highest BCUT2D eigenvalue weighted by Gasteiger charge is 2.21. The van der Waals surface area contributed by atoms with Crippen LogP contribution >= 0.6 is 11.3 Å². The van der Waals surface area contributed by atoms with Gasteiger partial charge < -0.3 is 10.2 Å². The smallest absolute Gasteiger partial charge is 0.222 e. The number of thiophene rings is 1. The van der Waals surface area contributed by atoms with Crippen LogP contribution in [0.25, 0.3) is 0 Å². The van der Waals surface area contributed by atoms with Gasteiger partial charge in [-0.1, -0.05) is 12.5 Å². The lowest BCUT2D eigenvalue weighted by Crippen LogP contribution is -2.52. The molecule has 0 saturated carbocycles. The van der Waals surface area contributed by atoms with Crippen LogP contribution < -0.4 is 5.32 Å². The minimum absolute atomic E-state index is 0.338. The maximum Gasteiger partial charge on any atom is 0.222 e. The van der Waals surface area contributed by atoms with Crippen molar-refractivity contribution >= 4 is 17.2 Å². The maximum absolute atomic E-state index is 12.1. The molecule has 1 unspecified atom stereocenters. The Kier molecular flexibility index (Phi) is 5.86. The highest BCUT2D eigenvalue weighted by molar-refractivity contribution is 7.09. The Balaban J connectivity index is 1.58. The second-order valence-electron chi connectivity index (χ2n) is 5.28. The van der Waals surface area contributed by atoms with Crippen LogP contribution in [0.3, 0.4) is 0 Å². The summed E-state index contributed by atoms with van der Waals surface area (Å²) in [6.07, 6.45) is 5.26. The summed E-state index contributed by atoms with van der Waals surface area (Å²) in [5.41, 5.74) is 0. The van der Waals surface area contributed by atoms with E-state index >= 15 is 0 Å². The number of rotatable bonds is 6. The van der Waals surface area contributed by atoms with E-state index in [-0.39, 0.29) is 0 Å². The fourth-order valence-corrected chi connectivity index (χ4v) is 3.31. The zero-order valence-corrected chi connectivity index (χ0v) is 12.5. The summed E-state index contributed by atoms with van der Waals surface area (Å²) in [7, 11) is 0. The predicted octanol–water partition coefficient (Wildman–Crippen LogP) is 2.67. The molecule has 1 N–H and O–H groups in total. The maximum atomic E-state index is 12.1. The molecular formula is C15H24N2OS. The van der Waals surface area contributed by atoms with Gasteiger partial charge in [-0.05, 0) is 37.6 Å². The van der Waals surface area contributed by atoms with Crippen molar-refractivity contribution in [1.82, 2.24) is 10.2 Å². The fourth-order valence-electron chi connectivity index (χ4n) is 2.56. The van der Waals surface area contributed by atoms with Gasteiger partial charge in [-0.15, -0.1) is 11.3 Å². The van der Waals surface area contributed by atoms with E-state index in [1.807, 2.05) is 16.2 Å². The normalized spacial score (nSPS) is 19.6. The fraction of sp³-hybridized carbons (Fsp3) is 0.667. The number of amides is 1. The first kappa shape index (κ1) is 14.5. The van der Waals surface area contributed by atoms with Crippen LogP contribution in [-0.4, -0.2) is 36.5 Å². The summed E-state index contributed by atoms with van der Waals surface area (Å²) in [5.74, 6) is 0.338. The lowest BCUT2D eigenvalue weighted by atomic mass is 10.1. The number of carbonyl (C=O) groups excluding carboxylic acids is 1. The first-order valence-corrected chi connectivity index (χ1v) is 8.18. The molecule has 0 aliphatic carbocycles. The molecule has 1 amide bonds. The molecule has 4 heteroatoms. The molecule has 2 rings (SSSR count). The second kappa shape index (κ2) is 7.65. The van der Waals surface area contributed by atoms with Crippen molar-refractivity contribution in [3.05, 3.63) is 22.4 Å². The standard InChI is InChI=1S/C15H24N2OS/c1-13-12-16-9-10-17(13)15(18)8-4-2-3-6-14-7-5-11-19-14/h5,7,11,13,16H,2-4,6,8-10,12H2,1H3. The molecular weight excluding hydrogens is 256 g/mol. The van der Waals surface area contributed by atoms with E-state index < -0.39 is 0 Å². The van der Waals surface area contributed by atoms with Crippen LogP contribution in [0.1, 0.15) is 37.5 Å². The lowest BCUT2D eigenvalue weighted by molar-refractivity contribution is -0.134. The second-order valence-corrected chi connectivity index (χ2v) is 6.31. The summed E-state index contributed by atoms with van der Waals surface area (Å²) in [4.78, 5) is 15.6. The third-order valence-corrected chi connectivity index (χ3v) is 4.65. The number of unbranched alkanes of at least 4 members (excludes halogenated alkanes) is 2. The van der Waals surface area contributed by atoms with Crippen molar-refractivity contribution in [2.75, 3.05) is 19.6 Å². The molecule has 1 aliphatic rings. The van der Waals surface area contributed by atoms with Crippen molar-refractivity contribution in [3.63, 3.8) is 0 Å². The Hall–Kier alpha value is -0.870. The average molecular weight is 280 g/mol. The van der Waals surface area contributed by atoms with Gasteiger partial charge in [-0.2, -0.15) is 0 Å². The summed E-state index contributed by atoms with van der Waals surface area (Å²) >= 11 is 1.83. The molecule has 3 nitrogen and oxygen atoms in total. The van der Waals surface area contributed by atoms with E-state index in [1.54, 1.807) is 0 Å². The molecule has 0 spiro atoms. The third kappa shape index (κ3) is 4.62. The molecule has 1 atom stereocenters. The molecule has 1 saturated heterocycles. The van der Waals surface area contributed by atoms with Crippen molar-refractivity contribution in [1.29, 1.82) is 0 Å². The average Bonchev–Trinajstić information content (AvgIpc) is 2.92. The van der Waals surface area contributed by atoms with E-state index in [0.717, 1.165) is 45.3 Å². The number of hydrogen-bond acceptors (Lipinski definition) is 3. The van der Waals surface area contributed by atoms with Gasteiger partial charge in [-0.25, -0.2) is 0 Å². The Bertz CT molecular complexity index is 378. The van der Waals surface area contributed by atoms with Gasteiger partial charge in [0.15, 0.2) is 0 Å². The molecule has 0 bridgehead atoms. The zero-order chi connectivity index (χ0) is 13.5. The topological polar surface area (TPSA) is 32.3 Å². The third-order valence-electron chi connectivity index (χ3n) is 3.72. The van der Waals surface area contributed by atoms with Crippen LogP contribution in [0.5, 0.6) is 0 Å². The number of nitrogens with zero attached hydrogens (tertiary/aromatic N) is 1. The molecule has 0 aromatic carbocycles. The Morgan fingerprint density at radius 3 is 3.11 bits per heavy atom. The summed E-state index contributed by atoms with van der Waals surface area (Å²) in [5, 5.41) is 5.45. The van der Waals surface area contributed by atoms with E-state index in [1.165, 1.54) is 11.3 Å². The van der Waals surface area contributed by atoms with Crippen LogP contribution in [0.2, 0.25) is 0 Å². The summed E-state index contributed by atoms with van der Waals surface area (Å²) in [6.45, 7) is 4.87. The Labute approximate surface area is 120 Å². The van der Waals surface area contributed by atoms with Crippen LogP contribution in [0.15, 0.2) is 17.5 Å². The SMILES string of the molecule is CC1CNCCN1C(=O)CCCCCc1cccs1.